The summed E-state index contributed by atoms with van der Waals surface area (Å²) in [6, 6.07) is 13.3. The molecular formula is C24H27N3O5. The minimum absolute atomic E-state index is 0.0625. The van der Waals surface area contributed by atoms with Crippen molar-refractivity contribution >= 4 is 22.8 Å². The first-order valence-corrected chi connectivity index (χ1v) is 10.5. The van der Waals surface area contributed by atoms with Gasteiger partial charge in [0.15, 0.2) is 0 Å². The normalized spacial score (nSPS) is 14.0. The first-order valence-electron chi connectivity index (χ1n) is 10.5. The number of rotatable bonds is 8. The van der Waals surface area contributed by atoms with Crippen molar-refractivity contribution in [1.29, 1.82) is 0 Å². The van der Waals surface area contributed by atoms with Crippen LogP contribution in [0, 0.1) is 5.92 Å². The van der Waals surface area contributed by atoms with Crippen molar-refractivity contribution in [2.75, 3.05) is 0 Å². The fourth-order valence-electron chi connectivity index (χ4n) is 3.77. The Kier molecular flexibility index (Phi) is 6.92. The fourth-order valence-corrected chi connectivity index (χ4v) is 3.77. The number of benzene rings is 2. The number of carboxylic acids is 1. The molecule has 0 fully saturated rings. The second-order valence-electron chi connectivity index (χ2n) is 7.95. The number of hydrogen-bond acceptors (Lipinski definition) is 4. The minimum atomic E-state index is -1.21. The molecule has 1 heterocycles. The minimum Gasteiger partial charge on any atom is -0.480 e. The van der Waals surface area contributed by atoms with Gasteiger partial charge in [0.05, 0.1) is 10.9 Å². The molecule has 2 N–H and O–H groups in total. The van der Waals surface area contributed by atoms with Crippen LogP contribution < -0.4 is 16.6 Å². The second kappa shape index (κ2) is 9.64. The van der Waals surface area contributed by atoms with Crippen molar-refractivity contribution in [2.24, 2.45) is 13.0 Å². The van der Waals surface area contributed by atoms with E-state index in [4.69, 9.17) is 0 Å². The van der Waals surface area contributed by atoms with Gasteiger partial charge in [0.25, 0.3) is 5.56 Å². The highest BCUT2D eigenvalue weighted by Crippen LogP contribution is 2.16. The third-order valence-corrected chi connectivity index (χ3v) is 5.87. The van der Waals surface area contributed by atoms with Gasteiger partial charge in [0.2, 0.25) is 5.91 Å². The summed E-state index contributed by atoms with van der Waals surface area (Å²) in [7, 11) is 1.54. The fraction of sp³-hybridized carbons (Fsp3) is 0.333. The quantitative estimate of drug-likeness (QED) is 0.561. The largest absolute Gasteiger partial charge is 0.480 e. The highest BCUT2D eigenvalue weighted by molar-refractivity contribution is 5.87. The number of carboxylic acid groups (broad SMARTS) is 1. The molecule has 1 amide bonds. The summed E-state index contributed by atoms with van der Waals surface area (Å²) < 4.78 is 2.26. The number of fused-ring (bicyclic) bond motifs is 1. The molecule has 3 aromatic rings. The standard InChI is InChI=1S/C24H27N3O5/c1-4-15(2)20(23(30)31)25-21(28)19(14-16-10-6-5-7-11-16)27-22(29)17-12-8-9-13-18(17)26(3)24(27)32/h5-13,15,19-20H,4,14H2,1-3H3,(H,25,28)(H,30,31)/t15-,19+,20+/m1/s1. The molecule has 3 atom stereocenters. The molecule has 3 rings (SSSR count). The first kappa shape index (κ1) is 23.0. The number of para-hydroxylation sites is 1. The molecule has 0 saturated heterocycles. The Labute approximate surface area is 185 Å². The highest BCUT2D eigenvalue weighted by atomic mass is 16.4. The number of aryl methyl sites for hydroxylation is 1. The van der Waals surface area contributed by atoms with Gasteiger partial charge in [-0.25, -0.2) is 14.2 Å². The van der Waals surface area contributed by atoms with Crippen LogP contribution in [0.25, 0.3) is 10.9 Å². The summed E-state index contributed by atoms with van der Waals surface area (Å²) in [6.07, 6.45) is 0.602. The Morgan fingerprint density at radius 3 is 2.28 bits per heavy atom. The molecule has 0 spiro atoms. The van der Waals surface area contributed by atoms with Crippen LogP contribution in [-0.4, -0.2) is 32.2 Å². The second-order valence-corrected chi connectivity index (χ2v) is 7.95. The van der Waals surface area contributed by atoms with Crippen LogP contribution in [0.2, 0.25) is 0 Å². The van der Waals surface area contributed by atoms with Gasteiger partial charge in [-0.05, 0) is 23.6 Å². The zero-order valence-electron chi connectivity index (χ0n) is 18.3. The summed E-state index contributed by atoms with van der Waals surface area (Å²) in [4.78, 5) is 51.6. The molecule has 0 aliphatic rings. The lowest BCUT2D eigenvalue weighted by Crippen LogP contribution is -2.52. The Morgan fingerprint density at radius 1 is 1.03 bits per heavy atom. The van der Waals surface area contributed by atoms with Crippen molar-refractivity contribution in [3.63, 3.8) is 0 Å². The van der Waals surface area contributed by atoms with Gasteiger partial charge in [-0.1, -0.05) is 62.7 Å². The number of amides is 1. The number of hydrogen-bond donors (Lipinski definition) is 2. The zero-order chi connectivity index (χ0) is 23.4. The predicted molar refractivity (Wildman–Crippen MR) is 122 cm³/mol. The van der Waals surface area contributed by atoms with Crippen molar-refractivity contribution in [1.82, 2.24) is 14.5 Å². The monoisotopic (exact) mass is 437 g/mol. The van der Waals surface area contributed by atoms with Crippen molar-refractivity contribution < 1.29 is 14.7 Å². The summed E-state index contributed by atoms with van der Waals surface area (Å²) in [5.74, 6) is -2.18. The van der Waals surface area contributed by atoms with Crippen LogP contribution in [-0.2, 0) is 23.1 Å². The number of carbonyl (C=O) groups excluding carboxylic acids is 1. The molecule has 1 aromatic heterocycles. The van der Waals surface area contributed by atoms with E-state index in [1.807, 2.05) is 13.0 Å². The van der Waals surface area contributed by atoms with E-state index in [-0.39, 0.29) is 12.3 Å². The molecule has 0 radical (unpaired) electrons. The van der Waals surface area contributed by atoms with Gasteiger partial charge in [-0.2, -0.15) is 0 Å². The molecular weight excluding hydrogens is 410 g/mol. The van der Waals surface area contributed by atoms with Gasteiger partial charge < -0.3 is 10.4 Å². The molecule has 0 saturated carbocycles. The molecule has 168 valence electrons. The molecule has 2 aromatic carbocycles. The Morgan fingerprint density at radius 2 is 1.66 bits per heavy atom. The van der Waals surface area contributed by atoms with Gasteiger partial charge >= 0.3 is 11.7 Å². The van der Waals surface area contributed by atoms with Crippen LogP contribution in [0.15, 0.2) is 64.2 Å². The average Bonchev–Trinajstić information content (AvgIpc) is 2.80. The first-order chi connectivity index (χ1) is 15.3. The molecule has 0 aliphatic carbocycles. The van der Waals surface area contributed by atoms with Gasteiger partial charge in [-0.15, -0.1) is 0 Å². The van der Waals surface area contributed by atoms with Crippen LogP contribution in [0.3, 0.4) is 0 Å². The molecule has 32 heavy (non-hydrogen) atoms. The summed E-state index contributed by atoms with van der Waals surface area (Å²) in [5, 5.41) is 12.5. The number of nitrogens with one attached hydrogen (secondary N) is 1. The maximum absolute atomic E-state index is 13.4. The van der Waals surface area contributed by atoms with Gasteiger partial charge in [0, 0.05) is 13.5 Å². The van der Waals surface area contributed by atoms with E-state index < -0.39 is 35.2 Å². The maximum atomic E-state index is 13.4. The third kappa shape index (κ3) is 4.49. The van der Waals surface area contributed by atoms with E-state index >= 15 is 0 Å². The summed E-state index contributed by atoms with van der Waals surface area (Å²) >= 11 is 0. The average molecular weight is 437 g/mol. The number of carbonyl (C=O) groups is 2. The molecule has 0 bridgehead atoms. The lowest BCUT2D eigenvalue weighted by atomic mass is 9.98. The lowest BCUT2D eigenvalue weighted by Gasteiger charge is -2.25. The Hall–Kier alpha value is -3.68. The van der Waals surface area contributed by atoms with Crippen LogP contribution in [0.4, 0.5) is 0 Å². The lowest BCUT2D eigenvalue weighted by molar-refractivity contribution is -0.143. The van der Waals surface area contributed by atoms with Crippen molar-refractivity contribution in [2.45, 2.75) is 38.8 Å². The molecule has 0 aliphatic heterocycles. The van der Waals surface area contributed by atoms with Crippen LogP contribution in [0.5, 0.6) is 0 Å². The van der Waals surface area contributed by atoms with E-state index in [9.17, 15) is 24.3 Å². The van der Waals surface area contributed by atoms with E-state index in [0.717, 1.165) is 10.1 Å². The van der Waals surface area contributed by atoms with E-state index in [2.05, 4.69) is 5.32 Å². The van der Waals surface area contributed by atoms with E-state index in [1.165, 1.54) is 11.6 Å². The Balaban J connectivity index is 2.16. The number of aliphatic carboxylic acids is 1. The Bertz CT molecular complexity index is 1250. The molecule has 0 unspecified atom stereocenters. The van der Waals surface area contributed by atoms with Gasteiger partial charge in [-0.3, -0.25) is 14.2 Å². The van der Waals surface area contributed by atoms with E-state index in [0.29, 0.717) is 17.3 Å². The number of aromatic nitrogens is 2. The zero-order valence-corrected chi connectivity index (χ0v) is 18.3. The van der Waals surface area contributed by atoms with Crippen LogP contribution >= 0.6 is 0 Å². The summed E-state index contributed by atoms with van der Waals surface area (Å²) in [5.41, 5.74) is -0.0267. The van der Waals surface area contributed by atoms with E-state index in [1.54, 1.807) is 55.5 Å². The van der Waals surface area contributed by atoms with Gasteiger partial charge in [0.1, 0.15) is 12.1 Å². The third-order valence-electron chi connectivity index (χ3n) is 5.87. The maximum Gasteiger partial charge on any atom is 0.331 e. The smallest absolute Gasteiger partial charge is 0.331 e. The molecule has 8 nitrogen and oxygen atoms in total. The highest BCUT2D eigenvalue weighted by Gasteiger charge is 2.31. The topological polar surface area (TPSA) is 110 Å². The SMILES string of the molecule is CC[C@@H](C)[C@H](NC(=O)[C@H](Cc1ccccc1)n1c(=O)c2ccccc2n(C)c1=O)C(=O)O. The van der Waals surface area contributed by atoms with Crippen LogP contribution in [0.1, 0.15) is 31.9 Å². The van der Waals surface area contributed by atoms with Crippen molar-refractivity contribution in [3.8, 4) is 0 Å². The predicted octanol–water partition coefficient (Wildman–Crippen LogP) is 2.10. The van der Waals surface area contributed by atoms with Crippen molar-refractivity contribution in [3.05, 3.63) is 81.0 Å². The summed E-state index contributed by atoms with van der Waals surface area (Å²) in [6.45, 7) is 3.56. The molecule has 8 heteroatoms. The number of nitrogens with zero attached hydrogens (tertiary/aromatic N) is 2.